The Morgan fingerprint density at radius 1 is 0.515 bits per heavy atom. The zero-order valence-electron chi connectivity index (χ0n) is 19.8. The molecule has 0 fully saturated rings. The van der Waals surface area contributed by atoms with Crippen LogP contribution in [-0.4, -0.2) is 0 Å². The van der Waals surface area contributed by atoms with Crippen LogP contribution in [0.5, 0.6) is 0 Å². The fourth-order valence-corrected chi connectivity index (χ4v) is 2.56. The van der Waals surface area contributed by atoms with E-state index in [9.17, 15) is 0 Å². The minimum Gasteiger partial charge on any atom is -1.00 e. The first-order valence-electron chi connectivity index (χ1n) is 10.6. The first-order valence-corrected chi connectivity index (χ1v) is 10.6. The van der Waals surface area contributed by atoms with Gasteiger partial charge in [-0.2, -0.15) is 71.8 Å². The summed E-state index contributed by atoms with van der Waals surface area (Å²) in [7, 11) is 0. The number of rotatable bonds is 6. The average Bonchev–Trinajstić information content (AvgIpc) is 3.57. The Bertz CT molecular complexity index is 605. The molecular weight excluding hydrogens is 579 g/mol. The summed E-state index contributed by atoms with van der Waals surface area (Å²) in [5.41, 5.74) is 2.97. The molecule has 4 rings (SSSR count). The molecule has 0 aromatic heterocycles. The molecule has 0 N–H and O–H groups in total. The van der Waals surface area contributed by atoms with Gasteiger partial charge in [-0.3, -0.25) is 0 Å². The first-order chi connectivity index (χ1) is 13.9. The Morgan fingerprint density at radius 2 is 0.788 bits per heavy atom. The van der Waals surface area contributed by atoms with Crippen LogP contribution in [0.25, 0.3) is 0 Å². The van der Waals surface area contributed by atoms with Crippen LogP contribution < -0.4 is 37.2 Å². The van der Waals surface area contributed by atoms with Crippen molar-refractivity contribution in [3.8, 4) is 0 Å². The summed E-state index contributed by atoms with van der Waals surface area (Å²) in [6.45, 7) is 4.45. The molecule has 0 heterocycles. The number of aryl methyl sites for hydroxylation is 2. The largest absolute Gasteiger partial charge is 4.00 e. The summed E-state index contributed by atoms with van der Waals surface area (Å²) in [5, 5.41) is 0. The van der Waals surface area contributed by atoms with E-state index in [4.69, 9.17) is 0 Å². The number of halogens is 3. The van der Waals surface area contributed by atoms with E-state index in [0.717, 1.165) is 0 Å². The normalized spacial score (nSPS) is 7.82. The topological polar surface area (TPSA) is 0 Å². The summed E-state index contributed by atoms with van der Waals surface area (Å²) in [4.78, 5) is 0. The van der Waals surface area contributed by atoms with Gasteiger partial charge in [0.1, 0.15) is 0 Å². The Hall–Kier alpha value is 0.0232. The van der Waals surface area contributed by atoms with Crippen LogP contribution in [0, 0.1) is 0 Å². The predicted molar refractivity (Wildman–Crippen MR) is 125 cm³/mol. The van der Waals surface area contributed by atoms with Gasteiger partial charge in [-0.05, 0) is 0 Å². The van der Waals surface area contributed by atoms with Crippen LogP contribution in [0.3, 0.4) is 0 Å². The molecule has 0 saturated heterocycles. The molecule has 176 valence electrons. The summed E-state index contributed by atoms with van der Waals surface area (Å²) in [5.74, 6) is 0. The van der Waals surface area contributed by atoms with Crippen LogP contribution in [0.15, 0.2) is 109 Å². The molecule has 0 unspecified atom stereocenters. The Morgan fingerprint density at radius 3 is 0.970 bits per heavy atom. The maximum Gasteiger partial charge on any atom is 4.00 e. The Labute approximate surface area is 259 Å². The van der Waals surface area contributed by atoms with Crippen molar-refractivity contribution in [3.63, 3.8) is 0 Å². The molecule has 0 aliphatic carbocycles. The smallest absolute Gasteiger partial charge is 1.00 e. The summed E-state index contributed by atoms with van der Waals surface area (Å²) in [6, 6.07) is 37.2. The molecule has 0 atom stereocenters. The molecule has 0 aliphatic heterocycles. The first kappa shape index (κ1) is 43.1. The van der Waals surface area contributed by atoms with Crippen LogP contribution >= 0.6 is 0 Å². The maximum absolute atomic E-state index is 2.23. The third kappa shape index (κ3) is 28.1. The molecule has 0 spiro atoms. The van der Waals surface area contributed by atoms with Gasteiger partial charge in [-0.1, -0.05) is 52.4 Å². The van der Waals surface area contributed by atoms with Gasteiger partial charge in [0.05, 0.1) is 0 Å². The maximum atomic E-state index is 2.23. The molecule has 0 bridgehead atoms. The number of hydrogen-bond donors (Lipinski definition) is 0. The van der Waals surface area contributed by atoms with Crippen molar-refractivity contribution in [2.24, 2.45) is 0 Å². The molecule has 33 heavy (non-hydrogen) atoms. The standard InChI is InChI=1S/2C9H13.2C5H5.3ClH.Sc.Zr/c2*1-2-3-6-9-7-4-5-8-9;2*1-2-4-5-3-1;;;;;/h2*4-5,7-8H,2-3,6H2,1H3;2*1-5H;3*1H;;/q4*-1;;;;+3;+4/p-3. The molecule has 4 aromatic rings. The quantitative estimate of drug-likeness (QED) is 0.253. The SMILES string of the molecule is CCCC[c-]1cccc1.CCCC[c-]1cccc1.[Cl-].[Cl-].[Cl-].[Sc+3].[Zr+4].c1cc[cH-]c1.c1cc[cH-]c1. The van der Waals surface area contributed by atoms with Crippen molar-refractivity contribution in [3.05, 3.63) is 120 Å². The number of hydrogen-bond acceptors (Lipinski definition) is 0. The third-order valence-corrected chi connectivity index (χ3v) is 4.21. The minimum atomic E-state index is 0. The minimum absolute atomic E-state index is 0. The average molecular weight is 615 g/mol. The van der Waals surface area contributed by atoms with Gasteiger partial charge in [0.2, 0.25) is 0 Å². The molecule has 0 radical (unpaired) electrons. The van der Waals surface area contributed by atoms with E-state index in [-0.39, 0.29) is 89.3 Å². The van der Waals surface area contributed by atoms with Gasteiger partial charge in [0.15, 0.2) is 0 Å². The van der Waals surface area contributed by atoms with E-state index >= 15 is 0 Å². The van der Waals surface area contributed by atoms with E-state index in [0.29, 0.717) is 0 Å². The van der Waals surface area contributed by atoms with Crippen molar-refractivity contribution in [2.45, 2.75) is 52.4 Å². The monoisotopic (exact) mass is 612 g/mol. The summed E-state index contributed by atoms with van der Waals surface area (Å²) >= 11 is 0. The zero-order chi connectivity index (χ0) is 20.1. The van der Waals surface area contributed by atoms with Crippen molar-refractivity contribution < 1.29 is 89.3 Å². The molecule has 0 nitrogen and oxygen atoms in total. The van der Waals surface area contributed by atoms with Gasteiger partial charge in [0.25, 0.3) is 0 Å². The number of unbranched alkanes of at least 4 members (excludes halogenated alkanes) is 2. The Balaban J connectivity index is -0.000000103. The van der Waals surface area contributed by atoms with E-state index < -0.39 is 0 Å². The van der Waals surface area contributed by atoms with Gasteiger partial charge in [-0.25, -0.2) is 48.5 Å². The second-order valence-corrected chi connectivity index (χ2v) is 6.72. The fraction of sp³-hybridized carbons (Fsp3) is 0.286. The summed E-state index contributed by atoms with van der Waals surface area (Å²) in [6.07, 6.45) is 7.75. The van der Waals surface area contributed by atoms with E-state index in [1.807, 2.05) is 60.7 Å². The molecular formula is C28H36Cl3ScZr. The Kier molecular flexibility index (Phi) is 44.7. The van der Waals surface area contributed by atoms with E-state index in [1.165, 1.54) is 49.7 Å². The van der Waals surface area contributed by atoms with Crippen molar-refractivity contribution >= 4 is 0 Å². The predicted octanol–water partition coefficient (Wildman–Crippen LogP) is -0.686. The second kappa shape index (κ2) is 34.2. The van der Waals surface area contributed by atoms with Gasteiger partial charge >= 0.3 is 52.0 Å². The van der Waals surface area contributed by atoms with E-state index in [2.05, 4.69) is 62.4 Å². The van der Waals surface area contributed by atoms with Gasteiger partial charge in [0, 0.05) is 0 Å². The third-order valence-electron chi connectivity index (χ3n) is 4.21. The molecule has 0 amide bonds. The molecule has 5 heteroatoms. The fourth-order valence-electron chi connectivity index (χ4n) is 2.56. The van der Waals surface area contributed by atoms with Crippen LogP contribution in [-0.2, 0) is 64.9 Å². The molecule has 4 aromatic carbocycles. The molecule has 0 saturated carbocycles. The summed E-state index contributed by atoms with van der Waals surface area (Å²) < 4.78 is 0. The van der Waals surface area contributed by atoms with Crippen molar-refractivity contribution in [1.82, 2.24) is 0 Å². The van der Waals surface area contributed by atoms with Crippen LogP contribution in [0.1, 0.15) is 50.7 Å². The van der Waals surface area contributed by atoms with Crippen LogP contribution in [0.2, 0.25) is 0 Å². The van der Waals surface area contributed by atoms with Crippen LogP contribution in [0.4, 0.5) is 0 Å². The van der Waals surface area contributed by atoms with Crippen molar-refractivity contribution in [1.29, 1.82) is 0 Å². The van der Waals surface area contributed by atoms with Crippen molar-refractivity contribution in [2.75, 3.05) is 0 Å². The van der Waals surface area contributed by atoms with Gasteiger partial charge < -0.3 is 37.2 Å². The zero-order valence-corrected chi connectivity index (χ0v) is 26.4. The van der Waals surface area contributed by atoms with E-state index in [1.54, 1.807) is 0 Å². The molecule has 0 aliphatic rings. The second-order valence-electron chi connectivity index (χ2n) is 6.72. The van der Waals surface area contributed by atoms with Gasteiger partial charge in [-0.15, -0.1) is 0 Å².